The highest BCUT2D eigenvalue weighted by Crippen LogP contribution is 2.27. The average Bonchev–Trinajstić information content (AvgIpc) is 2.26. The van der Waals surface area contributed by atoms with Gasteiger partial charge in [0.25, 0.3) is 0 Å². The number of ether oxygens (including phenoxy) is 1. The fourth-order valence-corrected chi connectivity index (χ4v) is 2.96. The predicted octanol–water partition coefficient (Wildman–Crippen LogP) is 3.47. The van der Waals surface area contributed by atoms with Gasteiger partial charge in [-0.1, -0.05) is 15.9 Å². The van der Waals surface area contributed by atoms with Crippen LogP contribution in [0.4, 0.5) is 0 Å². The van der Waals surface area contributed by atoms with Crippen LogP contribution in [0, 0.1) is 0 Å². The number of halogens is 1. The van der Waals surface area contributed by atoms with E-state index in [-0.39, 0.29) is 6.04 Å². The lowest BCUT2D eigenvalue weighted by atomic mass is 10.1. The molecule has 17 heavy (non-hydrogen) atoms. The van der Waals surface area contributed by atoms with Crippen molar-refractivity contribution >= 4 is 27.7 Å². The van der Waals surface area contributed by atoms with Gasteiger partial charge in [-0.3, -0.25) is 0 Å². The summed E-state index contributed by atoms with van der Waals surface area (Å²) in [6, 6.07) is 6.62. The van der Waals surface area contributed by atoms with E-state index in [1.54, 1.807) is 7.11 Å². The van der Waals surface area contributed by atoms with Gasteiger partial charge in [-0.05, 0) is 43.5 Å². The van der Waals surface area contributed by atoms with E-state index in [0.29, 0.717) is 0 Å². The van der Waals surface area contributed by atoms with Gasteiger partial charge in [0.1, 0.15) is 0 Å². The van der Waals surface area contributed by atoms with E-state index in [9.17, 15) is 0 Å². The molecule has 0 spiro atoms. The molecule has 0 fully saturated rings. The first-order valence-electron chi connectivity index (χ1n) is 5.79. The highest BCUT2D eigenvalue weighted by molar-refractivity contribution is 9.10. The Morgan fingerprint density at radius 1 is 1.47 bits per heavy atom. The third-order valence-electron chi connectivity index (χ3n) is 2.31. The van der Waals surface area contributed by atoms with Crippen molar-refractivity contribution < 1.29 is 4.74 Å². The maximum Gasteiger partial charge on any atom is 0.0470 e. The van der Waals surface area contributed by atoms with Gasteiger partial charge in [-0.2, -0.15) is 0 Å². The molecule has 0 heterocycles. The Morgan fingerprint density at radius 2 is 2.24 bits per heavy atom. The van der Waals surface area contributed by atoms with Crippen LogP contribution in [0.15, 0.2) is 27.6 Å². The molecular weight excluding hydrogens is 298 g/mol. The van der Waals surface area contributed by atoms with Crippen LogP contribution in [0.3, 0.4) is 0 Å². The lowest BCUT2D eigenvalue weighted by Crippen LogP contribution is -2.18. The molecule has 1 aromatic rings. The van der Waals surface area contributed by atoms with Gasteiger partial charge < -0.3 is 10.5 Å². The lowest BCUT2D eigenvalue weighted by Gasteiger charge is -2.12. The number of hydrogen-bond acceptors (Lipinski definition) is 3. The molecule has 0 aromatic heterocycles. The maximum absolute atomic E-state index is 5.88. The first-order chi connectivity index (χ1) is 8.13. The predicted molar refractivity (Wildman–Crippen MR) is 78.7 cm³/mol. The van der Waals surface area contributed by atoms with Crippen LogP contribution in [-0.4, -0.2) is 25.5 Å². The molecule has 1 aromatic carbocycles. The molecule has 1 atom stereocenters. The zero-order valence-electron chi connectivity index (χ0n) is 10.4. The Labute approximate surface area is 116 Å². The number of thioether (sulfide) groups is 1. The molecule has 2 N–H and O–H groups in total. The molecule has 0 saturated heterocycles. The van der Waals surface area contributed by atoms with Gasteiger partial charge in [-0.25, -0.2) is 0 Å². The first kappa shape index (κ1) is 15.0. The molecule has 0 bridgehead atoms. The van der Waals surface area contributed by atoms with Crippen LogP contribution in [-0.2, 0) is 11.2 Å². The van der Waals surface area contributed by atoms with Crippen molar-refractivity contribution in [3.05, 3.63) is 28.2 Å². The summed E-state index contributed by atoms with van der Waals surface area (Å²) in [5.74, 6) is 1.08. The molecule has 4 heteroatoms. The maximum atomic E-state index is 5.88. The minimum Gasteiger partial charge on any atom is -0.385 e. The van der Waals surface area contributed by atoms with Crippen LogP contribution in [0.2, 0.25) is 0 Å². The summed E-state index contributed by atoms with van der Waals surface area (Å²) in [6.45, 7) is 2.87. The number of hydrogen-bond donors (Lipinski definition) is 1. The lowest BCUT2D eigenvalue weighted by molar-refractivity contribution is 0.200. The largest absolute Gasteiger partial charge is 0.385 e. The molecule has 96 valence electrons. The van der Waals surface area contributed by atoms with E-state index >= 15 is 0 Å². The molecule has 2 nitrogen and oxygen atoms in total. The molecule has 1 unspecified atom stereocenters. The molecule has 1 rings (SSSR count). The summed E-state index contributed by atoms with van der Waals surface area (Å²) < 4.78 is 6.17. The van der Waals surface area contributed by atoms with E-state index < -0.39 is 0 Å². The quantitative estimate of drug-likeness (QED) is 0.618. The Hall–Kier alpha value is -0.0300. The third-order valence-corrected chi connectivity index (χ3v) is 4.01. The second-order valence-corrected chi connectivity index (χ2v) is 6.18. The van der Waals surface area contributed by atoms with Crippen molar-refractivity contribution in [1.29, 1.82) is 0 Å². The number of rotatable bonds is 7. The zero-order valence-corrected chi connectivity index (χ0v) is 12.8. The highest BCUT2D eigenvalue weighted by Gasteiger charge is 2.06. The Kier molecular flexibility index (Phi) is 7.19. The summed E-state index contributed by atoms with van der Waals surface area (Å²) in [5.41, 5.74) is 7.21. The van der Waals surface area contributed by atoms with Crippen molar-refractivity contribution in [1.82, 2.24) is 0 Å². The Balaban J connectivity index is 2.62. The zero-order chi connectivity index (χ0) is 12.7. The molecule has 0 amide bonds. The van der Waals surface area contributed by atoms with Gasteiger partial charge >= 0.3 is 0 Å². The van der Waals surface area contributed by atoms with Crippen LogP contribution >= 0.6 is 27.7 Å². The standard InChI is InChI=1S/C13H20BrNOS/c1-10(15)8-11-9-12(14)4-5-13(11)17-7-3-6-16-2/h4-5,9-10H,3,6-8,15H2,1-2H3. The number of benzene rings is 1. The smallest absolute Gasteiger partial charge is 0.0470 e. The molecule has 0 saturated carbocycles. The summed E-state index contributed by atoms with van der Waals surface area (Å²) in [4.78, 5) is 1.33. The fraction of sp³-hybridized carbons (Fsp3) is 0.538. The second-order valence-electron chi connectivity index (χ2n) is 4.13. The summed E-state index contributed by atoms with van der Waals surface area (Å²) >= 11 is 5.39. The average molecular weight is 318 g/mol. The summed E-state index contributed by atoms with van der Waals surface area (Å²) in [6.07, 6.45) is 2.00. The molecule has 0 radical (unpaired) electrons. The minimum atomic E-state index is 0.197. The van der Waals surface area contributed by atoms with Gasteiger partial charge in [-0.15, -0.1) is 11.8 Å². The fourth-order valence-electron chi connectivity index (χ4n) is 1.58. The topological polar surface area (TPSA) is 35.2 Å². The van der Waals surface area contributed by atoms with Gasteiger partial charge in [0, 0.05) is 34.9 Å². The normalized spacial score (nSPS) is 12.7. The van der Waals surface area contributed by atoms with Crippen molar-refractivity contribution in [3.63, 3.8) is 0 Å². The summed E-state index contributed by atoms with van der Waals surface area (Å²) in [5, 5.41) is 0. The SMILES string of the molecule is COCCCSc1ccc(Br)cc1CC(C)N. The molecule has 0 aliphatic carbocycles. The molecule has 0 aliphatic heterocycles. The van der Waals surface area contributed by atoms with Crippen LogP contribution in [0.25, 0.3) is 0 Å². The Bertz CT molecular complexity index is 344. The first-order valence-corrected chi connectivity index (χ1v) is 7.57. The Morgan fingerprint density at radius 3 is 2.88 bits per heavy atom. The minimum absolute atomic E-state index is 0.197. The van der Waals surface area contributed by atoms with E-state index in [1.807, 2.05) is 18.7 Å². The third kappa shape index (κ3) is 5.91. The van der Waals surface area contributed by atoms with E-state index in [1.165, 1.54) is 10.5 Å². The second kappa shape index (κ2) is 8.14. The van der Waals surface area contributed by atoms with E-state index in [2.05, 4.69) is 34.1 Å². The van der Waals surface area contributed by atoms with Crippen molar-refractivity contribution in [2.75, 3.05) is 19.5 Å². The van der Waals surface area contributed by atoms with Crippen molar-refractivity contribution in [2.24, 2.45) is 5.73 Å². The number of methoxy groups -OCH3 is 1. The van der Waals surface area contributed by atoms with Crippen LogP contribution in [0.5, 0.6) is 0 Å². The van der Waals surface area contributed by atoms with Crippen molar-refractivity contribution in [2.45, 2.75) is 30.7 Å². The van der Waals surface area contributed by atoms with Crippen LogP contribution < -0.4 is 5.73 Å². The molecular formula is C13H20BrNOS. The van der Waals surface area contributed by atoms with E-state index in [4.69, 9.17) is 10.5 Å². The monoisotopic (exact) mass is 317 g/mol. The van der Waals surface area contributed by atoms with Gasteiger partial charge in [0.2, 0.25) is 0 Å². The van der Waals surface area contributed by atoms with Crippen LogP contribution in [0.1, 0.15) is 18.9 Å². The van der Waals surface area contributed by atoms with Gasteiger partial charge in [0.15, 0.2) is 0 Å². The summed E-state index contributed by atoms with van der Waals surface area (Å²) in [7, 11) is 1.74. The van der Waals surface area contributed by atoms with Gasteiger partial charge in [0.05, 0.1) is 0 Å². The molecule has 0 aliphatic rings. The number of nitrogens with two attached hydrogens (primary N) is 1. The van der Waals surface area contributed by atoms with Crippen molar-refractivity contribution in [3.8, 4) is 0 Å². The highest BCUT2D eigenvalue weighted by atomic mass is 79.9. The van der Waals surface area contributed by atoms with E-state index in [0.717, 1.165) is 29.7 Å².